The van der Waals surface area contributed by atoms with Gasteiger partial charge in [0.2, 0.25) is 0 Å². The Morgan fingerprint density at radius 3 is 2.33 bits per heavy atom. The summed E-state index contributed by atoms with van der Waals surface area (Å²) in [5.41, 5.74) is 3.74. The number of aromatic nitrogens is 3. The van der Waals surface area contributed by atoms with Crippen LogP contribution in [0.15, 0.2) is 89.9 Å². The predicted molar refractivity (Wildman–Crippen MR) is 118 cm³/mol. The fourth-order valence-electron chi connectivity index (χ4n) is 3.00. The Bertz CT molecular complexity index is 1140. The van der Waals surface area contributed by atoms with Crippen LogP contribution in [-0.4, -0.2) is 14.9 Å². The summed E-state index contributed by atoms with van der Waals surface area (Å²) in [5.74, 6) is 0.789. The monoisotopic (exact) mass is 459 g/mol. The average molecular weight is 460 g/mol. The lowest BCUT2D eigenvalue weighted by atomic mass is 10.2. The lowest BCUT2D eigenvalue weighted by Gasteiger charge is -2.25. The second kappa shape index (κ2) is 9.25. The van der Waals surface area contributed by atoms with Crippen molar-refractivity contribution in [3.05, 3.63) is 107 Å². The molecule has 0 aliphatic heterocycles. The van der Waals surface area contributed by atoms with Crippen LogP contribution in [0.5, 0.6) is 5.75 Å². The number of halogens is 1. The molecule has 1 aromatic heterocycles. The van der Waals surface area contributed by atoms with E-state index in [1.165, 1.54) is 0 Å². The molecule has 0 spiro atoms. The summed E-state index contributed by atoms with van der Waals surface area (Å²) in [4.78, 5) is 0. The van der Waals surface area contributed by atoms with E-state index in [4.69, 9.17) is 10.00 Å². The molecule has 0 saturated heterocycles. The van der Waals surface area contributed by atoms with Gasteiger partial charge in [-0.2, -0.15) is 5.26 Å². The fraction of sp³-hybridized carbons (Fsp3) is 0.0870. The standard InChI is InChI=1S/C23H18BrN5O/c24-22-12-20(8-11-23(22)30-15-19-4-2-1-3-5-19)14-29(28-16-26-27-17-28)21-9-6-18(13-25)7-10-21/h1-12,16-17H,14-15H2. The Kier molecular flexibility index (Phi) is 6.06. The summed E-state index contributed by atoms with van der Waals surface area (Å²) < 4.78 is 8.65. The number of hydrogen-bond acceptors (Lipinski definition) is 5. The maximum atomic E-state index is 9.05. The first-order valence-corrected chi connectivity index (χ1v) is 10.1. The van der Waals surface area contributed by atoms with Crippen LogP contribution in [-0.2, 0) is 13.2 Å². The number of rotatable bonds is 7. The third-order valence-corrected chi connectivity index (χ3v) is 5.17. The van der Waals surface area contributed by atoms with Gasteiger partial charge in [-0.25, -0.2) is 4.68 Å². The molecule has 7 heteroatoms. The largest absolute Gasteiger partial charge is 0.488 e. The first kappa shape index (κ1) is 19.7. The van der Waals surface area contributed by atoms with E-state index in [-0.39, 0.29) is 0 Å². The Hall–Kier alpha value is -3.63. The first-order valence-electron chi connectivity index (χ1n) is 9.31. The second-order valence-electron chi connectivity index (χ2n) is 6.60. The van der Waals surface area contributed by atoms with E-state index in [1.807, 2.05) is 70.3 Å². The fourth-order valence-corrected chi connectivity index (χ4v) is 3.54. The summed E-state index contributed by atoms with van der Waals surface area (Å²) in [7, 11) is 0. The average Bonchev–Trinajstić information content (AvgIpc) is 3.32. The maximum Gasteiger partial charge on any atom is 0.139 e. The van der Waals surface area contributed by atoms with Gasteiger partial charge in [0, 0.05) is 0 Å². The van der Waals surface area contributed by atoms with Gasteiger partial charge >= 0.3 is 0 Å². The van der Waals surface area contributed by atoms with Crippen LogP contribution >= 0.6 is 15.9 Å². The third-order valence-electron chi connectivity index (χ3n) is 4.55. The first-order chi connectivity index (χ1) is 14.7. The molecule has 0 radical (unpaired) electrons. The molecule has 30 heavy (non-hydrogen) atoms. The lowest BCUT2D eigenvalue weighted by Crippen LogP contribution is -2.27. The molecule has 0 aliphatic carbocycles. The van der Waals surface area contributed by atoms with Crippen molar-refractivity contribution in [3.63, 3.8) is 0 Å². The molecular weight excluding hydrogens is 442 g/mol. The van der Waals surface area contributed by atoms with Gasteiger partial charge in [-0.05, 0) is 63.5 Å². The Morgan fingerprint density at radius 2 is 1.67 bits per heavy atom. The van der Waals surface area contributed by atoms with Crippen LogP contribution < -0.4 is 9.75 Å². The van der Waals surface area contributed by atoms with E-state index in [9.17, 15) is 0 Å². The summed E-state index contributed by atoms with van der Waals surface area (Å²) in [6, 6.07) is 25.7. The zero-order valence-electron chi connectivity index (χ0n) is 16.0. The molecule has 4 rings (SSSR count). The molecule has 0 N–H and O–H groups in total. The van der Waals surface area contributed by atoms with Gasteiger partial charge in [0.1, 0.15) is 25.0 Å². The summed E-state index contributed by atoms with van der Waals surface area (Å²) in [6.07, 6.45) is 3.29. The number of benzene rings is 3. The van der Waals surface area contributed by atoms with E-state index in [0.29, 0.717) is 18.7 Å². The van der Waals surface area contributed by atoms with Crippen LogP contribution in [0.25, 0.3) is 0 Å². The minimum atomic E-state index is 0.511. The molecule has 0 atom stereocenters. The number of nitriles is 1. The summed E-state index contributed by atoms with van der Waals surface area (Å²) >= 11 is 3.62. The van der Waals surface area contributed by atoms with Gasteiger partial charge in [-0.1, -0.05) is 36.4 Å². The number of anilines is 1. The quantitative estimate of drug-likeness (QED) is 0.390. The molecule has 0 aliphatic rings. The molecular formula is C23H18BrN5O. The maximum absolute atomic E-state index is 9.05. The van der Waals surface area contributed by atoms with Gasteiger partial charge in [-0.15, -0.1) is 10.2 Å². The van der Waals surface area contributed by atoms with Gasteiger partial charge in [0.15, 0.2) is 0 Å². The molecule has 0 unspecified atom stereocenters. The van der Waals surface area contributed by atoms with Gasteiger partial charge < -0.3 is 4.74 Å². The van der Waals surface area contributed by atoms with E-state index in [2.05, 4.69) is 32.2 Å². The zero-order chi connectivity index (χ0) is 20.8. The van der Waals surface area contributed by atoms with E-state index < -0.39 is 0 Å². The van der Waals surface area contributed by atoms with Crippen molar-refractivity contribution in [1.29, 1.82) is 5.26 Å². The zero-order valence-corrected chi connectivity index (χ0v) is 17.6. The predicted octanol–water partition coefficient (Wildman–Crippen LogP) is 4.96. The van der Waals surface area contributed by atoms with Gasteiger partial charge in [-0.3, -0.25) is 5.01 Å². The van der Waals surface area contributed by atoms with E-state index >= 15 is 0 Å². The van der Waals surface area contributed by atoms with Gasteiger partial charge in [0.25, 0.3) is 0 Å². The number of hydrogen-bond donors (Lipinski definition) is 0. The molecule has 148 valence electrons. The number of ether oxygens (including phenoxy) is 1. The Balaban J connectivity index is 1.53. The van der Waals surface area contributed by atoms with Crippen LogP contribution in [0.2, 0.25) is 0 Å². The molecule has 3 aromatic carbocycles. The molecule has 4 aromatic rings. The molecule has 0 bridgehead atoms. The van der Waals surface area contributed by atoms with E-state index in [1.54, 1.807) is 24.8 Å². The number of nitrogens with zero attached hydrogens (tertiary/aromatic N) is 5. The molecule has 0 amide bonds. The van der Waals surface area contributed by atoms with Crippen molar-refractivity contribution in [2.45, 2.75) is 13.2 Å². The van der Waals surface area contributed by atoms with Crippen LogP contribution in [0.1, 0.15) is 16.7 Å². The van der Waals surface area contributed by atoms with Crippen LogP contribution in [0, 0.1) is 11.3 Å². The van der Waals surface area contributed by atoms with Crippen molar-refractivity contribution in [3.8, 4) is 11.8 Å². The molecule has 6 nitrogen and oxygen atoms in total. The van der Waals surface area contributed by atoms with Gasteiger partial charge in [0.05, 0.1) is 28.3 Å². The van der Waals surface area contributed by atoms with Crippen molar-refractivity contribution in [1.82, 2.24) is 14.9 Å². The minimum Gasteiger partial charge on any atom is -0.488 e. The molecule has 0 fully saturated rings. The molecule has 1 heterocycles. The summed E-state index contributed by atoms with van der Waals surface area (Å²) in [6.45, 7) is 1.10. The van der Waals surface area contributed by atoms with Crippen molar-refractivity contribution < 1.29 is 4.74 Å². The normalized spacial score (nSPS) is 10.4. The highest BCUT2D eigenvalue weighted by Crippen LogP contribution is 2.28. The highest BCUT2D eigenvalue weighted by Gasteiger charge is 2.12. The Morgan fingerprint density at radius 1 is 0.933 bits per heavy atom. The third kappa shape index (κ3) is 4.67. The highest BCUT2D eigenvalue weighted by molar-refractivity contribution is 9.10. The Labute approximate surface area is 183 Å². The smallest absolute Gasteiger partial charge is 0.139 e. The minimum absolute atomic E-state index is 0.511. The second-order valence-corrected chi connectivity index (χ2v) is 7.45. The lowest BCUT2D eigenvalue weighted by molar-refractivity contribution is 0.304. The molecule has 0 saturated carbocycles. The summed E-state index contributed by atoms with van der Waals surface area (Å²) in [5, 5.41) is 18.9. The van der Waals surface area contributed by atoms with Crippen molar-refractivity contribution in [2.24, 2.45) is 0 Å². The van der Waals surface area contributed by atoms with Crippen LogP contribution in [0.3, 0.4) is 0 Å². The van der Waals surface area contributed by atoms with Crippen molar-refractivity contribution in [2.75, 3.05) is 5.01 Å². The highest BCUT2D eigenvalue weighted by atomic mass is 79.9. The van der Waals surface area contributed by atoms with E-state index in [0.717, 1.165) is 27.0 Å². The van der Waals surface area contributed by atoms with Crippen molar-refractivity contribution >= 4 is 21.6 Å². The topological polar surface area (TPSA) is 67.0 Å². The SMILES string of the molecule is N#Cc1ccc(N(Cc2ccc(OCc3ccccc3)c(Br)c2)n2cnnc2)cc1. The van der Waals surface area contributed by atoms with Crippen LogP contribution in [0.4, 0.5) is 5.69 Å².